The summed E-state index contributed by atoms with van der Waals surface area (Å²) < 4.78 is 0. The van der Waals surface area contributed by atoms with Crippen molar-refractivity contribution < 1.29 is 4.79 Å². The van der Waals surface area contributed by atoms with E-state index < -0.39 is 0 Å². The number of hydrogen-bond acceptors (Lipinski definition) is 2. The SMILES string of the molecule is C=CC(=O)c1sccc1CC. The van der Waals surface area contributed by atoms with Gasteiger partial charge in [0, 0.05) is 0 Å². The van der Waals surface area contributed by atoms with Crippen molar-refractivity contribution >= 4 is 17.1 Å². The van der Waals surface area contributed by atoms with E-state index in [1.54, 1.807) is 0 Å². The highest BCUT2D eigenvalue weighted by molar-refractivity contribution is 7.12. The van der Waals surface area contributed by atoms with Crippen LogP contribution >= 0.6 is 11.3 Å². The number of hydrogen-bond donors (Lipinski definition) is 0. The Morgan fingerprint density at radius 3 is 3.09 bits per heavy atom. The van der Waals surface area contributed by atoms with Gasteiger partial charge >= 0.3 is 0 Å². The van der Waals surface area contributed by atoms with Crippen molar-refractivity contribution in [2.24, 2.45) is 0 Å². The molecule has 0 unspecified atom stereocenters. The highest BCUT2D eigenvalue weighted by Gasteiger charge is 2.07. The first-order valence-electron chi connectivity index (χ1n) is 3.52. The van der Waals surface area contributed by atoms with Gasteiger partial charge in [-0.15, -0.1) is 11.3 Å². The van der Waals surface area contributed by atoms with Crippen LogP contribution in [-0.4, -0.2) is 5.78 Å². The van der Waals surface area contributed by atoms with Crippen LogP contribution < -0.4 is 0 Å². The van der Waals surface area contributed by atoms with Crippen LogP contribution in [0.15, 0.2) is 24.1 Å². The number of aryl methyl sites for hydroxylation is 1. The average molecular weight is 166 g/mol. The molecule has 0 aliphatic carbocycles. The van der Waals surface area contributed by atoms with E-state index in [0.717, 1.165) is 16.9 Å². The van der Waals surface area contributed by atoms with Gasteiger partial charge in [-0.05, 0) is 29.5 Å². The lowest BCUT2D eigenvalue weighted by Crippen LogP contribution is -1.93. The van der Waals surface area contributed by atoms with Gasteiger partial charge in [-0.25, -0.2) is 0 Å². The van der Waals surface area contributed by atoms with Crippen molar-refractivity contribution in [3.05, 3.63) is 34.5 Å². The van der Waals surface area contributed by atoms with Gasteiger partial charge in [-0.1, -0.05) is 13.5 Å². The van der Waals surface area contributed by atoms with Gasteiger partial charge < -0.3 is 0 Å². The van der Waals surface area contributed by atoms with Gasteiger partial charge in [0.2, 0.25) is 0 Å². The van der Waals surface area contributed by atoms with Gasteiger partial charge in [-0.3, -0.25) is 4.79 Å². The van der Waals surface area contributed by atoms with Crippen molar-refractivity contribution in [2.75, 3.05) is 0 Å². The van der Waals surface area contributed by atoms with Crippen LogP contribution in [-0.2, 0) is 6.42 Å². The molecule has 1 aromatic rings. The van der Waals surface area contributed by atoms with Crippen LogP contribution in [0.4, 0.5) is 0 Å². The standard InChI is InChI=1S/C9H10OS/c1-3-7-5-6-11-9(7)8(10)4-2/h4-6H,2-3H2,1H3. The molecular formula is C9H10OS. The van der Waals surface area contributed by atoms with E-state index in [1.165, 1.54) is 17.4 Å². The third-order valence-electron chi connectivity index (χ3n) is 1.54. The fourth-order valence-corrected chi connectivity index (χ4v) is 1.85. The molecule has 1 rings (SSSR count). The molecule has 1 nitrogen and oxygen atoms in total. The first-order chi connectivity index (χ1) is 5.29. The van der Waals surface area contributed by atoms with Crippen molar-refractivity contribution in [3.63, 3.8) is 0 Å². The van der Waals surface area contributed by atoms with E-state index >= 15 is 0 Å². The van der Waals surface area contributed by atoms with Gasteiger partial charge in [0.25, 0.3) is 0 Å². The van der Waals surface area contributed by atoms with E-state index in [-0.39, 0.29) is 5.78 Å². The number of carbonyl (C=O) groups is 1. The Kier molecular flexibility index (Phi) is 2.60. The molecule has 0 saturated carbocycles. The van der Waals surface area contributed by atoms with Gasteiger partial charge in [-0.2, -0.15) is 0 Å². The minimum atomic E-state index is 0.0388. The van der Waals surface area contributed by atoms with Crippen LogP contribution in [0.5, 0.6) is 0 Å². The smallest absolute Gasteiger partial charge is 0.195 e. The number of ketones is 1. The summed E-state index contributed by atoms with van der Waals surface area (Å²) in [5.41, 5.74) is 1.12. The van der Waals surface area contributed by atoms with E-state index in [4.69, 9.17) is 0 Å². The third-order valence-corrected chi connectivity index (χ3v) is 2.51. The zero-order valence-electron chi connectivity index (χ0n) is 6.46. The van der Waals surface area contributed by atoms with E-state index in [9.17, 15) is 4.79 Å². The Morgan fingerprint density at radius 1 is 1.82 bits per heavy atom. The quantitative estimate of drug-likeness (QED) is 0.498. The maximum Gasteiger partial charge on any atom is 0.195 e. The predicted octanol–water partition coefficient (Wildman–Crippen LogP) is 2.68. The van der Waals surface area contributed by atoms with Crippen LogP contribution in [0.2, 0.25) is 0 Å². The Hall–Kier alpha value is -0.890. The Bertz CT molecular complexity index is 273. The summed E-state index contributed by atoms with van der Waals surface area (Å²) in [5.74, 6) is 0.0388. The fraction of sp³-hybridized carbons (Fsp3) is 0.222. The van der Waals surface area contributed by atoms with Crippen LogP contribution in [0.25, 0.3) is 0 Å². The number of allylic oxidation sites excluding steroid dienone is 1. The molecule has 0 atom stereocenters. The third kappa shape index (κ3) is 1.57. The first-order valence-corrected chi connectivity index (χ1v) is 4.40. The minimum absolute atomic E-state index is 0.0388. The lowest BCUT2D eigenvalue weighted by atomic mass is 10.1. The molecule has 0 spiro atoms. The molecule has 0 radical (unpaired) electrons. The van der Waals surface area contributed by atoms with Gasteiger partial charge in [0.1, 0.15) is 0 Å². The van der Waals surface area contributed by atoms with Crippen molar-refractivity contribution in [2.45, 2.75) is 13.3 Å². The molecule has 0 aromatic carbocycles. The first kappa shape index (κ1) is 8.21. The molecule has 0 aliphatic rings. The molecule has 0 bridgehead atoms. The highest BCUT2D eigenvalue weighted by atomic mass is 32.1. The zero-order chi connectivity index (χ0) is 8.27. The van der Waals surface area contributed by atoms with Crippen LogP contribution in [0, 0.1) is 0 Å². The molecule has 2 heteroatoms. The second-order valence-electron chi connectivity index (χ2n) is 2.20. The Labute approximate surface area is 70.4 Å². The molecule has 0 N–H and O–H groups in total. The topological polar surface area (TPSA) is 17.1 Å². The summed E-state index contributed by atoms with van der Waals surface area (Å²) in [6.07, 6.45) is 2.28. The normalized spacial score (nSPS) is 9.55. The molecule has 11 heavy (non-hydrogen) atoms. The maximum absolute atomic E-state index is 11.1. The van der Waals surface area contributed by atoms with Gasteiger partial charge in [0.05, 0.1) is 4.88 Å². The monoisotopic (exact) mass is 166 g/mol. The highest BCUT2D eigenvalue weighted by Crippen LogP contribution is 2.17. The molecule has 1 aromatic heterocycles. The van der Waals surface area contributed by atoms with Crippen molar-refractivity contribution in [1.29, 1.82) is 0 Å². The minimum Gasteiger partial charge on any atom is -0.288 e. The summed E-state index contributed by atoms with van der Waals surface area (Å²) in [6, 6.07) is 1.99. The zero-order valence-corrected chi connectivity index (χ0v) is 7.28. The van der Waals surface area contributed by atoms with Crippen molar-refractivity contribution in [1.82, 2.24) is 0 Å². The second-order valence-corrected chi connectivity index (χ2v) is 3.11. The Morgan fingerprint density at radius 2 is 2.55 bits per heavy atom. The molecule has 1 heterocycles. The molecular weight excluding hydrogens is 156 g/mol. The van der Waals surface area contributed by atoms with Crippen LogP contribution in [0.3, 0.4) is 0 Å². The average Bonchev–Trinajstić information content (AvgIpc) is 2.50. The van der Waals surface area contributed by atoms with Crippen LogP contribution in [0.1, 0.15) is 22.2 Å². The lowest BCUT2D eigenvalue weighted by molar-refractivity contribution is 0.105. The molecule has 0 amide bonds. The number of thiophene rings is 1. The van der Waals surface area contributed by atoms with E-state index in [0.29, 0.717) is 0 Å². The summed E-state index contributed by atoms with van der Waals surface area (Å²) in [5, 5.41) is 1.94. The second kappa shape index (κ2) is 3.49. The number of carbonyl (C=O) groups excluding carboxylic acids is 1. The predicted molar refractivity (Wildman–Crippen MR) is 48.2 cm³/mol. The molecule has 0 fully saturated rings. The molecule has 0 aliphatic heterocycles. The van der Waals surface area contributed by atoms with E-state index in [1.807, 2.05) is 18.4 Å². The summed E-state index contributed by atoms with van der Waals surface area (Å²) in [6.45, 7) is 5.49. The molecule has 0 saturated heterocycles. The summed E-state index contributed by atoms with van der Waals surface area (Å²) in [4.78, 5) is 12.0. The largest absolute Gasteiger partial charge is 0.288 e. The van der Waals surface area contributed by atoms with E-state index in [2.05, 4.69) is 6.58 Å². The maximum atomic E-state index is 11.1. The molecule has 58 valence electrons. The fourth-order valence-electron chi connectivity index (χ4n) is 0.923. The summed E-state index contributed by atoms with van der Waals surface area (Å²) in [7, 11) is 0. The lowest BCUT2D eigenvalue weighted by Gasteiger charge is -1.93. The van der Waals surface area contributed by atoms with Gasteiger partial charge in [0.15, 0.2) is 5.78 Å². The Balaban J connectivity index is 3.01. The number of rotatable bonds is 3. The van der Waals surface area contributed by atoms with Crippen molar-refractivity contribution in [3.8, 4) is 0 Å². The summed E-state index contributed by atoms with van der Waals surface area (Å²) >= 11 is 1.49.